The Kier molecular flexibility index (Phi) is 2.75. The summed E-state index contributed by atoms with van der Waals surface area (Å²) in [5, 5.41) is 0. The minimum Gasteiger partial charge on any atom is -0.382 e. The molecule has 0 saturated carbocycles. The van der Waals surface area contributed by atoms with Gasteiger partial charge < -0.3 is 10.6 Å². The first kappa shape index (κ1) is 10.2. The van der Waals surface area contributed by atoms with E-state index < -0.39 is 0 Å². The summed E-state index contributed by atoms with van der Waals surface area (Å²) in [6, 6.07) is 0.532. The van der Waals surface area contributed by atoms with Gasteiger partial charge >= 0.3 is 0 Å². The van der Waals surface area contributed by atoms with Crippen LogP contribution in [-0.4, -0.2) is 22.6 Å². The van der Waals surface area contributed by atoms with Crippen molar-refractivity contribution in [3.8, 4) is 0 Å². The van der Waals surface area contributed by atoms with E-state index in [9.17, 15) is 0 Å². The molecule has 4 heteroatoms. The van der Waals surface area contributed by atoms with Crippen molar-refractivity contribution in [3.05, 3.63) is 12.4 Å². The molecule has 82 valence electrons. The fourth-order valence-electron chi connectivity index (χ4n) is 2.26. The van der Waals surface area contributed by atoms with Gasteiger partial charge in [-0.1, -0.05) is 6.92 Å². The van der Waals surface area contributed by atoms with Crippen LogP contribution in [0.15, 0.2) is 12.4 Å². The van der Waals surface area contributed by atoms with Gasteiger partial charge in [-0.05, 0) is 25.7 Å². The van der Waals surface area contributed by atoms with Crippen LogP contribution in [0.1, 0.15) is 26.7 Å². The average Bonchev–Trinajstić information content (AvgIpc) is 2.17. The van der Waals surface area contributed by atoms with Crippen molar-refractivity contribution >= 4 is 11.6 Å². The second-order valence-corrected chi connectivity index (χ2v) is 4.47. The maximum atomic E-state index is 5.64. The molecule has 1 aromatic rings. The van der Waals surface area contributed by atoms with Crippen LogP contribution in [-0.2, 0) is 0 Å². The van der Waals surface area contributed by atoms with Crippen molar-refractivity contribution in [1.82, 2.24) is 9.97 Å². The fourth-order valence-corrected chi connectivity index (χ4v) is 2.26. The fraction of sp³-hybridized carbons (Fsp3) is 0.636. The molecule has 0 amide bonds. The first-order chi connectivity index (χ1) is 7.16. The largest absolute Gasteiger partial charge is 0.382 e. The van der Waals surface area contributed by atoms with Gasteiger partial charge in [-0.2, -0.15) is 0 Å². The van der Waals surface area contributed by atoms with Gasteiger partial charge in [-0.3, -0.25) is 4.98 Å². The Morgan fingerprint density at radius 2 is 2.20 bits per heavy atom. The molecule has 1 fully saturated rings. The highest BCUT2D eigenvalue weighted by Gasteiger charge is 2.23. The van der Waals surface area contributed by atoms with Gasteiger partial charge in [-0.25, -0.2) is 4.98 Å². The first-order valence-electron chi connectivity index (χ1n) is 5.51. The summed E-state index contributed by atoms with van der Waals surface area (Å²) in [6.07, 6.45) is 5.82. The highest BCUT2D eigenvalue weighted by molar-refractivity contribution is 5.42. The van der Waals surface area contributed by atoms with Crippen molar-refractivity contribution in [3.63, 3.8) is 0 Å². The number of hydrogen-bond donors (Lipinski definition) is 1. The first-order valence-corrected chi connectivity index (χ1v) is 5.51. The Morgan fingerprint density at radius 1 is 1.40 bits per heavy atom. The van der Waals surface area contributed by atoms with Crippen LogP contribution in [0.4, 0.5) is 11.6 Å². The van der Waals surface area contributed by atoms with Crippen molar-refractivity contribution in [2.75, 3.05) is 17.2 Å². The Bertz CT molecular complexity index is 339. The summed E-state index contributed by atoms with van der Waals surface area (Å²) in [7, 11) is 0. The quantitative estimate of drug-likeness (QED) is 0.759. The van der Waals surface area contributed by atoms with Crippen molar-refractivity contribution < 1.29 is 0 Å². The molecule has 1 saturated heterocycles. The summed E-state index contributed by atoms with van der Waals surface area (Å²) < 4.78 is 0. The molecule has 1 aliphatic heterocycles. The highest BCUT2D eigenvalue weighted by atomic mass is 15.2. The molecule has 0 bridgehead atoms. The molecule has 2 heterocycles. The van der Waals surface area contributed by atoms with Crippen molar-refractivity contribution in [1.29, 1.82) is 0 Å². The van der Waals surface area contributed by atoms with E-state index in [1.54, 1.807) is 12.4 Å². The number of anilines is 2. The number of nitrogen functional groups attached to an aromatic ring is 1. The van der Waals surface area contributed by atoms with Crippen molar-refractivity contribution in [2.45, 2.75) is 32.7 Å². The molecule has 1 aliphatic rings. The maximum absolute atomic E-state index is 5.64. The minimum atomic E-state index is 0.498. The summed E-state index contributed by atoms with van der Waals surface area (Å²) in [6.45, 7) is 5.60. The highest BCUT2D eigenvalue weighted by Crippen LogP contribution is 2.26. The third-order valence-corrected chi connectivity index (χ3v) is 3.07. The third kappa shape index (κ3) is 2.19. The number of piperidine rings is 1. The van der Waals surface area contributed by atoms with Crippen LogP contribution < -0.4 is 10.6 Å². The van der Waals surface area contributed by atoms with E-state index in [-0.39, 0.29) is 0 Å². The zero-order valence-corrected chi connectivity index (χ0v) is 9.35. The summed E-state index contributed by atoms with van der Waals surface area (Å²) >= 11 is 0. The van der Waals surface area contributed by atoms with Gasteiger partial charge in [-0.15, -0.1) is 0 Å². The van der Waals surface area contributed by atoms with Gasteiger partial charge in [0.2, 0.25) is 0 Å². The second kappa shape index (κ2) is 4.04. The van der Waals surface area contributed by atoms with E-state index in [1.165, 1.54) is 12.8 Å². The minimum absolute atomic E-state index is 0.498. The lowest BCUT2D eigenvalue weighted by molar-refractivity contribution is 0.376. The Balaban J connectivity index is 2.17. The summed E-state index contributed by atoms with van der Waals surface area (Å²) in [5.41, 5.74) is 5.64. The van der Waals surface area contributed by atoms with Gasteiger partial charge in [0.15, 0.2) is 0 Å². The molecule has 0 aliphatic carbocycles. The van der Waals surface area contributed by atoms with Crippen LogP contribution >= 0.6 is 0 Å². The van der Waals surface area contributed by atoms with Gasteiger partial charge in [0.1, 0.15) is 11.6 Å². The van der Waals surface area contributed by atoms with Crippen LogP contribution in [0.2, 0.25) is 0 Å². The monoisotopic (exact) mass is 206 g/mol. The van der Waals surface area contributed by atoms with Crippen LogP contribution in [0.25, 0.3) is 0 Å². The lowest BCUT2D eigenvalue weighted by Gasteiger charge is -2.37. The third-order valence-electron chi connectivity index (χ3n) is 3.07. The molecule has 4 nitrogen and oxygen atoms in total. The predicted octanol–water partition coefficient (Wildman–Crippen LogP) is 1.68. The smallest absolute Gasteiger partial charge is 0.149 e. The Labute approximate surface area is 90.5 Å². The molecule has 2 unspecified atom stereocenters. The second-order valence-electron chi connectivity index (χ2n) is 4.47. The maximum Gasteiger partial charge on any atom is 0.149 e. The zero-order chi connectivity index (χ0) is 10.8. The molecule has 0 aromatic carbocycles. The lowest BCUT2D eigenvalue weighted by Crippen LogP contribution is -2.40. The van der Waals surface area contributed by atoms with Crippen LogP contribution in [0, 0.1) is 5.92 Å². The Hall–Kier alpha value is -1.32. The molecular formula is C11H18N4. The zero-order valence-electron chi connectivity index (χ0n) is 9.35. The standard InChI is InChI=1S/C11H18N4/c1-8-3-4-15(9(2)5-8)11-7-13-6-10(12)14-11/h6-9H,3-5H2,1-2H3,(H2,12,14). The SMILES string of the molecule is CC1CCN(c2cncc(N)n2)C(C)C1. The van der Waals surface area contributed by atoms with Crippen LogP contribution in [0.3, 0.4) is 0 Å². The molecule has 15 heavy (non-hydrogen) atoms. The Morgan fingerprint density at radius 3 is 2.87 bits per heavy atom. The van der Waals surface area contributed by atoms with E-state index in [2.05, 4.69) is 28.7 Å². The average molecular weight is 206 g/mol. The summed E-state index contributed by atoms with van der Waals surface area (Å²) in [5.74, 6) is 2.22. The van der Waals surface area contributed by atoms with E-state index in [0.29, 0.717) is 11.9 Å². The van der Waals surface area contributed by atoms with E-state index in [0.717, 1.165) is 18.3 Å². The van der Waals surface area contributed by atoms with E-state index in [1.807, 2.05) is 0 Å². The molecule has 1 aromatic heterocycles. The molecule has 2 atom stereocenters. The molecule has 0 spiro atoms. The number of aromatic nitrogens is 2. The molecule has 2 N–H and O–H groups in total. The van der Waals surface area contributed by atoms with Crippen molar-refractivity contribution in [2.24, 2.45) is 5.92 Å². The van der Waals surface area contributed by atoms with Crippen LogP contribution in [0.5, 0.6) is 0 Å². The number of nitrogens with two attached hydrogens (primary N) is 1. The van der Waals surface area contributed by atoms with Gasteiger partial charge in [0.25, 0.3) is 0 Å². The summed E-state index contributed by atoms with van der Waals surface area (Å²) in [4.78, 5) is 10.7. The van der Waals surface area contributed by atoms with Gasteiger partial charge in [0, 0.05) is 12.6 Å². The van der Waals surface area contributed by atoms with E-state index >= 15 is 0 Å². The molecule has 2 rings (SSSR count). The topological polar surface area (TPSA) is 55.0 Å². The number of nitrogens with zero attached hydrogens (tertiary/aromatic N) is 3. The normalized spacial score (nSPS) is 26.7. The number of rotatable bonds is 1. The van der Waals surface area contributed by atoms with Gasteiger partial charge in [0.05, 0.1) is 12.4 Å². The predicted molar refractivity (Wildman–Crippen MR) is 61.7 cm³/mol. The van der Waals surface area contributed by atoms with E-state index in [4.69, 9.17) is 5.73 Å². The lowest BCUT2D eigenvalue weighted by atomic mass is 9.93. The molecule has 0 radical (unpaired) electrons. The number of hydrogen-bond acceptors (Lipinski definition) is 4. The molecular weight excluding hydrogens is 188 g/mol.